The summed E-state index contributed by atoms with van der Waals surface area (Å²) in [6.07, 6.45) is 0. The number of carbonyl (C=O) groups excluding carboxylic acids is 1. The Hall–Kier alpha value is -2.44. The molecular weight excluding hydrogens is 384 g/mol. The van der Waals surface area contributed by atoms with Crippen LogP contribution in [0.4, 0.5) is 5.69 Å². The normalized spacial score (nSPS) is 12.8. The SMILES string of the molecule is Cc1ccc2nc(Cl)cc(SCC(=O)Nc3ccc4c(c3)OCCO4)c2c1. The molecular formula is C20H17ClN2O3S. The van der Waals surface area contributed by atoms with Crippen LogP contribution in [0, 0.1) is 6.92 Å². The van der Waals surface area contributed by atoms with Gasteiger partial charge in [-0.15, -0.1) is 11.8 Å². The second kappa shape index (κ2) is 7.66. The minimum Gasteiger partial charge on any atom is -0.486 e. The van der Waals surface area contributed by atoms with Crippen LogP contribution >= 0.6 is 23.4 Å². The number of nitrogens with one attached hydrogen (secondary N) is 1. The highest BCUT2D eigenvalue weighted by Crippen LogP contribution is 2.33. The first kappa shape index (κ1) is 17.9. The van der Waals surface area contributed by atoms with Gasteiger partial charge in [-0.25, -0.2) is 4.98 Å². The lowest BCUT2D eigenvalue weighted by Gasteiger charge is -2.19. The van der Waals surface area contributed by atoms with Gasteiger partial charge in [-0.3, -0.25) is 4.79 Å². The molecule has 1 aliphatic heterocycles. The van der Waals surface area contributed by atoms with Crippen LogP contribution in [0.25, 0.3) is 10.9 Å². The number of amides is 1. The van der Waals surface area contributed by atoms with Gasteiger partial charge in [-0.05, 0) is 37.3 Å². The summed E-state index contributed by atoms with van der Waals surface area (Å²) in [6.45, 7) is 3.07. The number of carbonyl (C=O) groups is 1. The van der Waals surface area contributed by atoms with E-state index in [9.17, 15) is 4.79 Å². The van der Waals surface area contributed by atoms with Crippen LogP contribution in [-0.4, -0.2) is 29.9 Å². The molecule has 0 aliphatic carbocycles. The Morgan fingerprint density at radius 3 is 2.81 bits per heavy atom. The minimum atomic E-state index is -0.106. The van der Waals surface area contributed by atoms with Crippen molar-refractivity contribution in [3.8, 4) is 11.5 Å². The zero-order valence-electron chi connectivity index (χ0n) is 14.6. The lowest BCUT2D eigenvalue weighted by Crippen LogP contribution is -2.17. The fraction of sp³-hybridized carbons (Fsp3) is 0.200. The van der Waals surface area contributed by atoms with Gasteiger partial charge in [0.15, 0.2) is 11.5 Å². The number of nitrogens with zero attached hydrogens (tertiary/aromatic N) is 1. The molecule has 3 aromatic rings. The number of hydrogen-bond acceptors (Lipinski definition) is 5. The van der Waals surface area contributed by atoms with Gasteiger partial charge in [-0.2, -0.15) is 0 Å². The molecule has 0 saturated carbocycles. The van der Waals surface area contributed by atoms with Crippen molar-refractivity contribution in [2.75, 3.05) is 24.3 Å². The number of thioether (sulfide) groups is 1. The van der Waals surface area contributed by atoms with Crippen molar-refractivity contribution in [2.45, 2.75) is 11.8 Å². The van der Waals surface area contributed by atoms with Gasteiger partial charge < -0.3 is 14.8 Å². The van der Waals surface area contributed by atoms with Crippen molar-refractivity contribution >= 4 is 45.9 Å². The summed E-state index contributed by atoms with van der Waals surface area (Å²) in [7, 11) is 0. The summed E-state index contributed by atoms with van der Waals surface area (Å²) in [5, 5.41) is 4.31. The van der Waals surface area contributed by atoms with Gasteiger partial charge in [0.1, 0.15) is 18.4 Å². The van der Waals surface area contributed by atoms with Crippen molar-refractivity contribution in [1.82, 2.24) is 4.98 Å². The maximum atomic E-state index is 12.4. The molecule has 2 heterocycles. The van der Waals surface area contributed by atoms with Crippen LogP contribution in [0.5, 0.6) is 11.5 Å². The van der Waals surface area contributed by atoms with Crippen LogP contribution in [-0.2, 0) is 4.79 Å². The Kier molecular flexibility index (Phi) is 5.09. The number of aromatic nitrogens is 1. The van der Waals surface area contributed by atoms with Crippen LogP contribution in [0.1, 0.15) is 5.56 Å². The smallest absolute Gasteiger partial charge is 0.234 e. The van der Waals surface area contributed by atoms with E-state index in [0.717, 1.165) is 21.4 Å². The number of halogens is 1. The summed E-state index contributed by atoms with van der Waals surface area (Å²) in [5.41, 5.74) is 2.63. The van der Waals surface area contributed by atoms with Gasteiger partial charge in [-0.1, -0.05) is 23.2 Å². The zero-order valence-corrected chi connectivity index (χ0v) is 16.2. The number of benzene rings is 2. The summed E-state index contributed by atoms with van der Waals surface area (Å²) in [5.74, 6) is 1.50. The van der Waals surface area contributed by atoms with Crippen molar-refractivity contribution in [2.24, 2.45) is 0 Å². The van der Waals surface area contributed by atoms with Crippen molar-refractivity contribution in [1.29, 1.82) is 0 Å². The molecule has 0 fully saturated rings. The minimum absolute atomic E-state index is 0.106. The Morgan fingerprint density at radius 1 is 1.15 bits per heavy atom. The number of hydrogen-bond donors (Lipinski definition) is 1. The van der Waals surface area contributed by atoms with Crippen LogP contribution in [0.3, 0.4) is 0 Å². The summed E-state index contributed by atoms with van der Waals surface area (Å²) in [6, 6.07) is 13.2. The summed E-state index contributed by atoms with van der Waals surface area (Å²) in [4.78, 5) is 17.7. The van der Waals surface area contributed by atoms with Gasteiger partial charge in [0.2, 0.25) is 5.91 Å². The first-order chi connectivity index (χ1) is 13.1. The first-order valence-corrected chi connectivity index (χ1v) is 9.84. The van der Waals surface area contributed by atoms with Gasteiger partial charge in [0, 0.05) is 22.0 Å². The third-order valence-electron chi connectivity index (χ3n) is 4.08. The Bertz CT molecular complexity index is 1030. The number of ether oxygens (including phenoxy) is 2. The Balaban J connectivity index is 1.47. The predicted molar refractivity (Wildman–Crippen MR) is 108 cm³/mol. The number of pyridine rings is 1. The highest BCUT2D eigenvalue weighted by atomic mass is 35.5. The summed E-state index contributed by atoms with van der Waals surface area (Å²) < 4.78 is 11.0. The van der Waals surface area contributed by atoms with Crippen molar-refractivity contribution < 1.29 is 14.3 Å². The topological polar surface area (TPSA) is 60.5 Å². The highest BCUT2D eigenvalue weighted by Gasteiger charge is 2.13. The highest BCUT2D eigenvalue weighted by molar-refractivity contribution is 8.00. The molecule has 27 heavy (non-hydrogen) atoms. The van der Waals surface area contributed by atoms with E-state index in [-0.39, 0.29) is 11.7 Å². The van der Waals surface area contributed by atoms with Crippen LogP contribution in [0.15, 0.2) is 47.4 Å². The van der Waals surface area contributed by atoms with E-state index in [0.29, 0.717) is 35.6 Å². The predicted octanol–water partition coefficient (Wildman–Crippen LogP) is 4.70. The molecule has 2 aromatic carbocycles. The largest absolute Gasteiger partial charge is 0.486 e. The molecule has 1 aliphatic rings. The van der Waals surface area contributed by atoms with Gasteiger partial charge in [0.25, 0.3) is 0 Å². The molecule has 0 unspecified atom stereocenters. The van der Waals surface area contributed by atoms with E-state index < -0.39 is 0 Å². The molecule has 0 atom stereocenters. The average molecular weight is 401 g/mol. The van der Waals surface area contributed by atoms with Gasteiger partial charge >= 0.3 is 0 Å². The van der Waals surface area contributed by atoms with E-state index in [1.54, 1.807) is 24.3 Å². The van der Waals surface area contributed by atoms with Crippen LogP contribution < -0.4 is 14.8 Å². The number of rotatable bonds is 4. The third-order valence-corrected chi connectivity index (χ3v) is 5.33. The van der Waals surface area contributed by atoms with E-state index in [1.807, 2.05) is 19.1 Å². The molecule has 1 amide bonds. The van der Waals surface area contributed by atoms with Crippen molar-refractivity contribution in [3.05, 3.63) is 53.2 Å². The Labute approximate surface area is 166 Å². The molecule has 1 aromatic heterocycles. The molecule has 4 rings (SSSR count). The lowest BCUT2D eigenvalue weighted by atomic mass is 10.1. The standard InChI is InChI=1S/C20H17ClN2O3S/c1-12-2-4-15-14(8-12)18(10-19(21)23-15)27-11-20(24)22-13-3-5-16-17(9-13)26-7-6-25-16/h2-5,8-10H,6-7,11H2,1H3,(H,22,24). The van der Waals surface area contributed by atoms with Crippen LogP contribution in [0.2, 0.25) is 5.15 Å². The Morgan fingerprint density at radius 2 is 1.96 bits per heavy atom. The molecule has 7 heteroatoms. The zero-order chi connectivity index (χ0) is 18.8. The lowest BCUT2D eigenvalue weighted by molar-refractivity contribution is -0.113. The second-order valence-corrected chi connectivity index (χ2v) is 7.56. The van der Waals surface area contributed by atoms with E-state index in [2.05, 4.69) is 16.4 Å². The average Bonchev–Trinajstić information content (AvgIpc) is 2.66. The molecule has 0 radical (unpaired) electrons. The van der Waals surface area contributed by atoms with E-state index in [4.69, 9.17) is 21.1 Å². The molecule has 1 N–H and O–H groups in total. The quantitative estimate of drug-likeness (QED) is 0.508. The van der Waals surface area contributed by atoms with E-state index in [1.165, 1.54) is 11.8 Å². The summed E-state index contributed by atoms with van der Waals surface area (Å²) >= 11 is 7.56. The molecule has 0 spiro atoms. The number of anilines is 1. The maximum absolute atomic E-state index is 12.4. The molecule has 138 valence electrons. The van der Waals surface area contributed by atoms with Crippen molar-refractivity contribution in [3.63, 3.8) is 0 Å². The second-order valence-electron chi connectivity index (χ2n) is 6.16. The fourth-order valence-corrected chi connectivity index (χ4v) is 4.00. The maximum Gasteiger partial charge on any atom is 0.234 e. The molecule has 5 nitrogen and oxygen atoms in total. The number of fused-ring (bicyclic) bond motifs is 2. The molecule has 0 bridgehead atoms. The molecule has 0 saturated heterocycles. The first-order valence-electron chi connectivity index (χ1n) is 8.48. The monoisotopic (exact) mass is 400 g/mol. The number of aryl methyl sites for hydroxylation is 1. The third kappa shape index (κ3) is 4.12. The fourth-order valence-electron chi connectivity index (χ4n) is 2.86. The van der Waals surface area contributed by atoms with E-state index >= 15 is 0 Å². The van der Waals surface area contributed by atoms with Gasteiger partial charge in [0.05, 0.1) is 11.3 Å².